The van der Waals surface area contributed by atoms with Crippen molar-refractivity contribution in [3.8, 4) is 0 Å². The molecule has 0 spiro atoms. The van der Waals surface area contributed by atoms with Crippen LogP contribution in [-0.2, 0) is 9.84 Å². The average Bonchev–Trinajstić information content (AvgIpc) is 2.63. The van der Waals surface area contributed by atoms with Crippen LogP contribution in [0.2, 0.25) is 0 Å². The molecule has 1 aliphatic heterocycles. The molecule has 1 aliphatic rings. The lowest BCUT2D eigenvalue weighted by molar-refractivity contribution is 0.0981. The molecule has 2 rings (SSSR count). The first-order valence-electron chi connectivity index (χ1n) is 5.32. The molecule has 1 aromatic rings. The van der Waals surface area contributed by atoms with Crippen molar-refractivity contribution in [2.75, 3.05) is 5.75 Å². The smallest absolute Gasteiger partial charge is 0.182 e. The van der Waals surface area contributed by atoms with E-state index in [1.165, 1.54) is 11.3 Å². The van der Waals surface area contributed by atoms with E-state index >= 15 is 0 Å². The van der Waals surface area contributed by atoms with Crippen molar-refractivity contribution in [1.29, 1.82) is 0 Å². The summed E-state index contributed by atoms with van der Waals surface area (Å²) in [6.45, 7) is 1.85. The topological polar surface area (TPSA) is 51.2 Å². The van der Waals surface area contributed by atoms with Gasteiger partial charge >= 0.3 is 0 Å². The highest BCUT2D eigenvalue weighted by atomic mass is 32.2. The van der Waals surface area contributed by atoms with E-state index < -0.39 is 15.1 Å². The van der Waals surface area contributed by atoms with Crippen molar-refractivity contribution in [2.24, 2.45) is 0 Å². The molecular weight excluding hydrogens is 244 g/mol. The molecule has 1 aromatic heterocycles. The van der Waals surface area contributed by atoms with Crippen LogP contribution in [0.25, 0.3) is 0 Å². The van der Waals surface area contributed by atoms with Gasteiger partial charge in [-0.2, -0.15) is 0 Å². The summed E-state index contributed by atoms with van der Waals surface area (Å²) in [7, 11) is -3.21. The highest BCUT2D eigenvalue weighted by molar-refractivity contribution is 7.92. The normalized spacial score (nSPS) is 24.2. The Hall–Kier alpha value is -0.680. The third-order valence-electron chi connectivity index (χ3n) is 3.00. The maximum absolute atomic E-state index is 12.1. The summed E-state index contributed by atoms with van der Waals surface area (Å²) in [5, 5.41) is 1.03. The Bertz CT molecular complexity index is 499. The first-order valence-corrected chi connectivity index (χ1v) is 7.92. The molecular formula is C11H14O3S2. The zero-order valence-electron chi connectivity index (χ0n) is 9.10. The van der Waals surface area contributed by atoms with E-state index in [0.717, 1.165) is 11.3 Å². The molecule has 1 fully saturated rings. The van der Waals surface area contributed by atoms with Gasteiger partial charge in [0.05, 0.1) is 5.75 Å². The predicted molar refractivity (Wildman–Crippen MR) is 64.8 cm³/mol. The minimum absolute atomic E-state index is 0.159. The molecule has 0 saturated carbocycles. The Balaban J connectivity index is 2.32. The van der Waals surface area contributed by atoms with Gasteiger partial charge in [0.2, 0.25) is 0 Å². The van der Waals surface area contributed by atoms with Crippen molar-refractivity contribution >= 4 is 27.0 Å². The maximum atomic E-state index is 12.1. The fourth-order valence-electron chi connectivity index (χ4n) is 2.06. The minimum Gasteiger partial charge on any atom is -0.293 e. The number of ketones is 1. The van der Waals surface area contributed by atoms with E-state index in [1.54, 1.807) is 6.07 Å². The van der Waals surface area contributed by atoms with Crippen LogP contribution in [0.15, 0.2) is 11.4 Å². The summed E-state index contributed by atoms with van der Waals surface area (Å²) >= 11 is 1.48. The Morgan fingerprint density at radius 3 is 2.75 bits per heavy atom. The zero-order chi connectivity index (χ0) is 11.8. The number of rotatable bonds is 2. The van der Waals surface area contributed by atoms with Crippen molar-refractivity contribution in [1.82, 2.24) is 0 Å². The van der Waals surface area contributed by atoms with Crippen LogP contribution in [0, 0.1) is 6.92 Å². The molecule has 0 N–H and O–H groups in total. The number of hydrogen-bond acceptors (Lipinski definition) is 4. The first kappa shape index (κ1) is 11.8. The first-order chi connectivity index (χ1) is 7.52. The maximum Gasteiger partial charge on any atom is 0.182 e. The second-order valence-corrected chi connectivity index (χ2v) is 7.53. The van der Waals surface area contributed by atoms with Gasteiger partial charge in [-0.3, -0.25) is 4.79 Å². The van der Waals surface area contributed by atoms with Gasteiger partial charge in [-0.05, 0) is 31.2 Å². The fourth-order valence-corrected chi connectivity index (χ4v) is 4.64. The third kappa shape index (κ3) is 2.06. The predicted octanol–water partition coefficient (Wildman–Crippen LogP) is 2.21. The summed E-state index contributed by atoms with van der Waals surface area (Å²) in [5.41, 5.74) is 0.584. The molecule has 88 valence electrons. The highest BCUT2D eigenvalue weighted by Crippen LogP contribution is 2.25. The summed E-state index contributed by atoms with van der Waals surface area (Å²) in [6, 6.07) is 1.73. The van der Waals surface area contributed by atoms with Gasteiger partial charge in [0.25, 0.3) is 0 Å². The molecule has 1 atom stereocenters. The summed E-state index contributed by atoms with van der Waals surface area (Å²) < 4.78 is 23.6. The monoisotopic (exact) mass is 258 g/mol. The van der Waals surface area contributed by atoms with Gasteiger partial charge in [-0.1, -0.05) is 6.42 Å². The van der Waals surface area contributed by atoms with Gasteiger partial charge in [0.15, 0.2) is 15.6 Å². The van der Waals surface area contributed by atoms with Gasteiger partial charge in [0.1, 0.15) is 5.25 Å². The number of hydrogen-bond donors (Lipinski definition) is 0. The molecule has 16 heavy (non-hydrogen) atoms. The van der Waals surface area contributed by atoms with Gasteiger partial charge < -0.3 is 0 Å². The van der Waals surface area contributed by atoms with Crippen LogP contribution in [0.4, 0.5) is 0 Å². The molecule has 0 aliphatic carbocycles. The van der Waals surface area contributed by atoms with E-state index in [1.807, 2.05) is 12.3 Å². The fraction of sp³-hybridized carbons (Fsp3) is 0.545. The molecule has 0 radical (unpaired) electrons. The Kier molecular flexibility index (Phi) is 3.17. The number of Topliss-reactive ketones (excluding diaryl/α,β-unsaturated/α-hetero) is 1. The number of sulfone groups is 1. The number of aryl methyl sites for hydroxylation is 1. The number of thiophene rings is 1. The molecule has 0 aromatic carbocycles. The van der Waals surface area contributed by atoms with Crippen LogP contribution in [-0.4, -0.2) is 25.2 Å². The SMILES string of the molecule is Cc1sccc1C(=O)C1CCCCS1(=O)=O. The second kappa shape index (κ2) is 4.30. The minimum atomic E-state index is -3.21. The lowest BCUT2D eigenvalue weighted by Gasteiger charge is -2.20. The van der Waals surface area contributed by atoms with E-state index in [4.69, 9.17) is 0 Å². The Morgan fingerprint density at radius 2 is 2.19 bits per heavy atom. The van der Waals surface area contributed by atoms with Crippen molar-refractivity contribution in [3.05, 3.63) is 21.9 Å². The summed E-state index contributed by atoms with van der Waals surface area (Å²) in [5.74, 6) is -0.0505. The molecule has 3 nitrogen and oxygen atoms in total. The van der Waals surface area contributed by atoms with E-state index in [2.05, 4.69) is 0 Å². The lowest BCUT2D eigenvalue weighted by atomic mass is 10.0. The van der Waals surface area contributed by atoms with Crippen molar-refractivity contribution in [3.63, 3.8) is 0 Å². The number of carbonyl (C=O) groups excluding carboxylic acids is 1. The molecule has 1 unspecified atom stereocenters. The molecule has 2 heterocycles. The summed E-state index contributed by atoms with van der Waals surface area (Å²) in [4.78, 5) is 13.0. The average molecular weight is 258 g/mol. The largest absolute Gasteiger partial charge is 0.293 e. The van der Waals surface area contributed by atoms with Crippen LogP contribution in [0.3, 0.4) is 0 Å². The zero-order valence-corrected chi connectivity index (χ0v) is 10.7. The Labute approximate surface area is 99.4 Å². The van der Waals surface area contributed by atoms with Crippen LogP contribution in [0.1, 0.15) is 34.5 Å². The van der Waals surface area contributed by atoms with E-state index in [0.29, 0.717) is 18.4 Å². The van der Waals surface area contributed by atoms with E-state index in [-0.39, 0.29) is 11.5 Å². The molecule has 5 heteroatoms. The second-order valence-electron chi connectivity index (χ2n) is 4.11. The lowest BCUT2D eigenvalue weighted by Crippen LogP contribution is -2.35. The standard InChI is InChI=1S/C11H14O3S2/c1-8-9(5-6-15-8)11(12)10-4-2-3-7-16(10,13)14/h5-6,10H,2-4,7H2,1H3. The van der Waals surface area contributed by atoms with Gasteiger partial charge in [-0.15, -0.1) is 11.3 Å². The van der Waals surface area contributed by atoms with Crippen molar-refractivity contribution in [2.45, 2.75) is 31.4 Å². The number of carbonyl (C=O) groups is 1. The third-order valence-corrected chi connectivity index (χ3v) is 6.02. The van der Waals surface area contributed by atoms with Crippen LogP contribution < -0.4 is 0 Å². The highest BCUT2D eigenvalue weighted by Gasteiger charge is 2.35. The molecule has 1 saturated heterocycles. The van der Waals surface area contributed by atoms with Crippen LogP contribution in [0.5, 0.6) is 0 Å². The Morgan fingerprint density at radius 1 is 1.44 bits per heavy atom. The van der Waals surface area contributed by atoms with E-state index in [9.17, 15) is 13.2 Å². The van der Waals surface area contributed by atoms with Gasteiger partial charge in [0, 0.05) is 10.4 Å². The molecule has 0 bridgehead atoms. The molecule has 0 amide bonds. The van der Waals surface area contributed by atoms with Gasteiger partial charge in [-0.25, -0.2) is 8.42 Å². The van der Waals surface area contributed by atoms with Crippen molar-refractivity contribution < 1.29 is 13.2 Å². The quantitative estimate of drug-likeness (QED) is 0.764. The summed E-state index contributed by atoms with van der Waals surface area (Å²) in [6.07, 6.45) is 2.00. The van der Waals surface area contributed by atoms with Crippen LogP contribution >= 0.6 is 11.3 Å².